The molecule has 0 saturated carbocycles. The minimum atomic E-state index is -2.64. The zero-order valence-electron chi connectivity index (χ0n) is 101. The lowest BCUT2D eigenvalue weighted by Gasteiger charge is -2.58. The van der Waals surface area contributed by atoms with Crippen molar-refractivity contribution >= 4 is 102 Å². The van der Waals surface area contributed by atoms with Crippen molar-refractivity contribution in [2.45, 2.75) is 609 Å². The van der Waals surface area contributed by atoms with Gasteiger partial charge in [-0.3, -0.25) is 19.2 Å². The first kappa shape index (κ1) is 133. The summed E-state index contributed by atoms with van der Waals surface area (Å²) in [4.78, 5) is 56.7. The topological polar surface area (TPSA) is 234 Å². The molecule has 31 heteroatoms. The maximum atomic E-state index is 15.6. The molecule has 6 fully saturated rings. The summed E-state index contributed by atoms with van der Waals surface area (Å²) in [5.41, 5.74) is 1.44. The normalized spacial score (nSPS) is 29.7. The molecule has 0 aromatic heterocycles. The fourth-order valence-corrected chi connectivity index (χ4v) is 45.5. The molecule has 0 aromatic rings. The van der Waals surface area contributed by atoms with E-state index in [1.54, 1.807) is 7.11 Å². The van der Waals surface area contributed by atoms with Crippen molar-refractivity contribution in [3.8, 4) is 0 Å². The molecule has 22 nitrogen and oxygen atoms in total. The number of ether oxygens (including phenoxy) is 10. The molecule has 0 N–H and O–H groups in total. The number of hydrogen-bond donors (Lipinski definition) is 0. The van der Waals surface area contributed by atoms with Gasteiger partial charge in [0.1, 0.15) is 24.1 Å². The number of esters is 2. The standard InChI is InChI=1S/C115H217ClO22Si8/c1-46-142(47-2,48-3)135-105-88(25)106(125-101(107(105)136-143(49-4,50-5)51-6)66-82(19)65-92(64-63-84(21)116)131-139(40,41)109(28,29)30)108(137-144(52-7,53-8)54-9)115(122-39)77-102(133-141(44,45)111(34,35)36)87(24)100(130-115)62-60-58-59-61-91-68-98(132-140(42,43)110(31,32)33)76-113(126-91)74-95(121-38)69-93(127-113)71-99(119)86(23)104(124-90(27)118)85(22)83(20)67-97-73-112(37,138-145(55-10,56-11)57-12)78-114(129-97)75-96(123-89(26)117)70-94(128-114)72-103(120)134-146(79(13)14,80(15)16)81(17)18/h59,61,63-64,79-81,85-88,91-98,100-102,104-108H,19-21,46-58,60,62,65-78H2,1-18,22-45H3/b61-59-,64-63+/t85-,86-,87+,88-,91+,92-,93+,94-,95+,96+,97+,98+,100-,101-,102+,104+,105-,106-,107-,108+,112+,113+,114-,115-/m1/s1. The van der Waals surface area contributed by atoms with Crippen LogP contribution in [-0.4, -0.2) is 225 Å². The number of rotatable bonds is 57. The van der Waals surface area contributed by atoms with Crippen LogP contribution in [0.1, 0.15) is 345 Å². The number of carbonyl (C=O) groups is 4. The number of hydrogen-bond acceptors (Lipinski definition) is 22. The number of unbranched alkanes of at least 4 members (excludes halogenated alkanes) is 1. The van der Waals surface area contributed by atoms with E-state index in [1.807, 2.05) is 27.0 Å². The molecule has 146 heavy (non-hydrogen) atoms. The minimum Gasteiger partial charge on any atom is -0.518 e. The summed E-state index contributed by atoms with van der Waals surface area (Å²) < 4.78 is 134. The number of carbonyl (C=O) groups excluding carboxylic acids is 4. The van der Waals surface area contributed by atoms with Crippen LogP contribution in [-0.2, 0) is 102 Å². The van der Waals surface area contributed by atoms with Gasteiger partial charge in [0.25, 0.3) is 14.3 Å². The predicted molar refractivity (Wildman–Crippen MR) is 618 cm³/mol. The van der Waals surface area contributed by atoms with E-state index in [4.69, 9.17) is 108 Å². The molecule has 24 atom stereocenters. The van der Waals surface area contributed by atoms with Gasteiger partial charge in [-0.05, 0) is 195 Å². The summed E-state index contributed by atoms with van der Waals surface area (Å²) >= 11 is 6.56. The number of allylic oxidation sites excluding steroid dienone is 3. The van der Waals surface area contributed by atoms with Crippen LogP contribution < -0.4 is 0 Å². The fourth-order valence-electron chi connectivity index (χ4n) is 24.4. The van der Waals surface area contributed by atoms with Gasteiger partial charge in [-0.1, -0.05) is 275 Å². The average Bonchev–Trinajstić information content (AvgIpc) is 0.732. The summed E-state index contributed by atoms with van der Waals surface area (Å²) in [5.74, 6) is -6.98. The third-order valence-corrected chi connectivity index (χ3v) is 75.7. The van der Waals surface area contributed by atoms with Gasteiger partial charge >= 0.3 is 11.9 Å². The van der Waals surface area contributed by atoms with Gasteiger partial charge in [0.05, 0.1) is 97.3 Å². The largest absolute Gasteiger partial charge is 0.518 e. The second kappa shape index (κ2) is 55.1. The van der Waals surface area contributed by atoms with Crippen LogP contribution in [0.3, 0.4) is 0 Å². The van der Waals surface area contributed by atoms with E-state index >= 15 is 4.79 Å². The molecular formula is C115H217ClO22Si8. The molecule has 0 amide bonds. The van der Waals surface area contributed by atoms with E-state index in [0.717, 1.165) is 84.5 Å². The maximum Gasteiger partial charge on any atom is 0.302 e. The predicted octanol–water partition coefficient (Wildman–Crippen LogP) is 30.9. The van der Waals surface area contributed by atoms with E-state index in [1.165, 1.54) is 13.8 Å². The van der Waals surface area contributed by atoms with Gasteiger partial charge in [0.2, 0.25) is 0 Å². The summed E-state index contributed by atoms with van der Waals surface area (Å²) in [6.07, 6.45) is 7.50. The lowest BCUT2D eigenvalue weighted by molar-refractivity contribution is -0.353. The lowest BCUT2D eigenvalue weighted by Crippen LogP contribution is -2.70. The van der Waals surface area contributed by atoms with Gasteiger partial charge in [-0.25, -0.2) is 0 Å². The zero-order valence-corrected chi connectivity index (χ0v) is 109. The Bertz CT molecular complexity index is 4110. The average molecular weight is 2210 g/mol. The summed E-state index contributed by atoms with van der Waals surface area (Å²) in [7, 11) is -16.1. The fraction of sp³-hybridized carbons (Fsp3) is 0.878. The highest BCUT2D eigenvalue weighted by Crippen LogP contribution is 2.56. The number of halogens is 1. The van der Waals surface area contributed by atoms with Gasteiger partial charge in [0, 0.05) is 115 Å². The third-order valence-electron chi connectivity index (χ3n) is 37.3. The van der Waals surface area contributed by atoms with Gasteiger partial charge in [-0.15, -0.1) is 0 Å². The van der Waals surface area contributed by atoms with Crippen molar-refractivity contribution < 1.29 is 102 Å². The molecular weight excluding hydrogens is 1990 g/mol. The Balaban J connectivity index is 1.40. The van der Waals surface area contributed by atoms with E-state index in [9.17, 15) is 14.4 Å². The summed E-state index contributed by atoms with van der Waals surface area (Å²) in [5, 5.41) is 0.158. The highest BCUT2D eigenvalue weighted by Gasteiger charge is 2.64. The van der Waals surface area contributed by atoms with Crippen molar-refractivity contribution in [1.29, 1.82) is 0 Å². The number of ketones is 1. The number of Topliss-reactive ketones (excluding diaryl/α,β-unsaturated/α-hetero) is 1. The molecule has 0 radical (unpaired) electrons. The first-order valence-electron chi connectivity index (χ1n) is 57.5. The maximum absolute atomic E-state index is 15.6. The lowest BCUT2D eigenvalue weighted by atomic mass is 9.78. The van der Waals surface area contributed by atoms with E-state index < -0.39 is 174 Å². The molecule has 0 aromatic carbocycles. The molecule has 6 saturated heterocycles. The summed E-state index contributed by atoms with van der Waals surface area (Å²) in [6.45, 7) is 102. The highest BCUT2D eigenvalue weighted by atomic mass is 35.5. The van der Waals surface area contributed by atoms with Crippen LogP contribution in [0, 0.1) is 23.7 Å². The third kappa shape index (κ3) is 34.1. The Morgan fingerprint density at radius 2 is 1.01 bits per heavy atom. The summed E-state index contributed by atoms with van der Waals surface area (Å²) in [6, 6.07) is 11.1. The van der Waals surface area contributed by atoms with Crippen LogP contribution in [0.25, 0.3) is 0 Å². The van der Waals surface area contributed by atoms with Gasteiger partial charge < -0.3 is 82.8 Å². The SMILES string of the molecule is C=C(Cl)/C=C/[C@H](CC(=C)C[C@H]1O[C@@H]([C@H](O[Si](CC)(CC)CC)[C@@]2(OC)C[C@H](O[Si](C)(C)C(C)(C)C)[C@@H](C)[C@@H](CCC/C=C\[C@H]3C[C@H](O[Si](C)(C)C(C)(C)C)C[C@@]4(C[C@@H](OC)C[C@@H](CC(=O)[C@@H](C)[C@@H](OC(C)=O)[C@H](C)C(=C)C[C@H]5C[C@](C)(O[Si](CC)(CC)CC)C[C@@]6(C[C@@H](OC(C)=O)C[C@H](CC(=O)O[Si](C(C)C)(C(C)C)C(C)C)O6)O5)O4)O3)O2)[C@H](C)[C@@H](O[Si](CC)(CC)CC)[C@@H]1O[Si](CC)(CC)CC)O[Si](C)(C)C(C)(C)C. The zero-order chi connectivity index (χ0) is 111. The van der Waals surface area contributed by atoms with Crippen molar-refractivity contribution in [2.75, 3.05) is 14.2 Å². The molecule has 6 aliphatic heterocycles. The smallest absolute Gasteiger partial charge is 0.302 e. The Labute approximate surface area is 904 Å². The molecule has 0 unspecified atom stereocenters. The Kier molecular flexibility index (Phi) is 50.2. The van der Waals surface area contributed by atoms with Crippen molar-refractivity contribution in [1.82, 2.24) is 0 Å². The van der Waals surface area contributed by atoms with Crippen LogP contribution in [0.2, 0.25) is 144 Å². The Hall–Kier alpha value is -1.79. The minimum absolute atomic E-state index is 0.00440. The van der Waals surface area contributed by atoms with Gasteiger partial charge in [0.15, 0.2) is 75.6 Å². The highest BCUT2D eigenvalue weighted by molar-refractivity contribution is 6.79. The molecule has 0 aliphatic carbocycles. The van der Waals surface area contributed by atoms with E-state index in [2.05, 4.69) is 272 Å². The van der Waals surface area contributed by atoms with E-state index in [0.29, 0.717) is 87.7 Å². The Morgan fingerprint density at radius 1 is 0.514 bits per heavy atom. The van der Waals surface area contributed by atoms with Crippen LogP contribution in [0.4, 0.5) is 0 Å². The number of methoxy groups -OCH3 is 2. The molecule has 6 rings (SSSR count). The second-order valence-corrected chi connectivity index (χ2v) is 90.3. The molecule has 6 heterocycles. The van der Waals surface area contributed by atoms with Gasteiger partial charge in [-0.2, -0.15) is 0 Å². The van der Waals surface area contributed by atoms with Crippen molar-refractivity contribution in [2.24, 2.45) is 23.7 Å². The first-order chi connectivity index (χ1) is 67.5. The van der Waals surface area contributed by atoms with Crippen molar-refractivity contribution in [3.05, 3.63) is 60.2 Å². The van der Waals surface area contributed by atoms with E-state index in [-0.39, 0.29) is 118 Å². The monoisotopic (exact) mass is 2210 g/mol. The van der Waals surface area contributed by atoms with Crippen LogP contribution in [0.5, 0.6) is 0 Å². The molecule has 2 spiro atoms. The van der Waals surface area contributed by atoms with Crippen molar-refractivity contribution in [3.63, 3.8) is 0 Å². The van der Waals surface area contributed by atoms with Crippen LogP contribution in [0.15, 0.2) is 60.2 Å². The quantitative estimate of drug-likeness (QED) is 0.0181. The molecule has 0 bridgehead atoms. The van der Waals surface area contributed by atoms with Crippen LogP contribution >= 0.6 is 11.6 Å². The molecule has 6 aliphatic rings. The second-order valence-electron chi connectivity index (χ2n) is 51.3. The Morgan fingerprint density at radius 3 is 1.50 bits per heavy atom. The first-order valence-corrected chi connectivity index (χ1v) is 78.9. The molecule has 848 valence electrons.